The maximum atomic E-state index is 12.5. The van der Waals surface area contributed by atoms with Crippen LogP contribution in [0.25, 0.3) is 0 Å². The van der Waals surface area contributed by atoms with Crippen molar-refractivity contribution >= 4 is 18.1 Å². The van der Waals surface area contributed by atoms with Crippen LogP contribution in [-0.2, 0) is 20.5 Å². The SMILES string of the molecule is COC(=O)CN(C=O)c1ccc(Oc2ccc(C(F)(F)F)cc2)cc1. The first kappa shape index (κ1) is 18.3. The van der Waals surface area contributed by atoms with E-state index in [0.29, 0.717) is 17.8 Å². The number of carbonyl (C=O) groups excluding carboxylic acids is 2. The number of ether oxygens (including phenoxy) is 2. The van der Waals surface area contributed by atoms with E-state index in [9.17, 15) is 22.8 Å². The summed E-state index contributed by atoms with van der Waals surface area (Å²) in [5.41, 5.74) is -0.320. The molecule has 5 nitrogen and oxygen atoms in total. The van der Waals surface area contributed by atoms with E-state index in [1.807, 2.05) is 0 Å². The standard InChI is InChI=1S/C17H14F3NO4/c1-24-16(23)10-21(11-22)13-4-8-15(9-5-13)25-14-6-2-12(3-7-14)17(18,19)20/h2-9,11H,10H2,1H3. The van der Waals surface area contributed by atoms with Gasteiger partial charge < -0.3 is 14.4 Å². The van der Waals surface area contributed by atoms with Gasteiger partial charge in [0.05, 0.1) is 12.7 Å². The van der Waals surface area contributed by atoms with Crippen LogP contribution in [0.4, 0.5) is 18.9 Å². The van der Waals surface area contributed by atoms with Crippen molar-refractivity contribution in [3.05, 3.63) is 54.1 Å². The minimum absolute atomic E-state index is 0.237. The van der Waals surface area contributed by atoms with Gasteiger partial charge in [-0.25, -0.2) is 0 Å². The molecule has 0 saturated carbocycles. The highest BCUT2D eigenvalue weighted by Crippen LogP contribution is 2.31. The second-order valence-corrected chi connectivity index (χ2v) is 4.93. The van der Waals surface area contributed by atoms with Crippen molar-refractivity contribution in [1.29, 1.82) is 0 Å². The van der Waals surface area contributed by atoms with Gasteiger partial charge in [0.25, 0.3) is 0 Å². The molecule has 0 fully saturated rings. The Labute approximate surface area is 141 Å². The topological polar surface area (TPSA) is 55.8 Å². The number of hydrogen-bond donors (Lipinski definition) is 0. The van der Waals surface area contributed by atoms with E-state index in [1.165, 1.54) is 43.5 Å². The number of carbonyl (C=O) groups is 2. The Hall–Kier alpha value is -3.03. The molecule has 0 aliphatic rings. The van der Waals surface area contributed by atoms with Crippen molar-refractivity contribution in [2.45, 2.75) is 6.18 Å². The zero-order valence-corrected chi connectivity index (χ0v) is 13.1. The quantitative estimate of drug-likeness (QED) is 0.588. The van der Waals surface area contributed by atoms with Gasteiger partial charge in [0.2, 0.25) is 6.41 Å². The van der Waals surface area contributed by atoms with E-state index in [1.54, 1.807) is 0 Å². The Morgan fingerprint density at radius 3 is 2.00 bits per heavy atom. The minimum atomic E-state index is -4.40. The molecule has 132 valence electrons. The average molecular weight is 353 g/mol. The maximum absolute atomic E-state index is 12.5. The molecule has 0 heterocycles. The average Bonchev–Trinajstić information content (AvgIpc) is 2.60. The summed E-state index contributed by atoms with van der Waals surface area (Å²) in [6.07, 6.45) is -3.92. The predicted octanol–water partition coefficient (Wildman–Crippen LogP) is 3.63. The molecule has 2 aromatic rings. The number of alkyl halides is 3. The van der Waals surface area contributed by atoms with Crippen molar-refractivity contribution in [2.75, 3.05) is 18.6 Å². The number of nitrogens with zero attached hydrogens (tertiary/aromatic N) is 1. The van der Waals surface area contributed by atoms with Crippen LogP contribution >= 0.6 is 0 Å². The molecule has 8 heteroatoms. The fourth-order valence-electron chi connectivity index (χ4n) is 1.95. The molecule has 0 aliphatic heterocycles. The van der Waals surface area contributed by atoms with Crippen LogP contribution in [0.5, 0.6) is 11.5 Å². The molecule has 2 aromatic carbocycles. The normalized spacial score (nSPS) is 10.9. The Balaban J connectivity index is 2.07. The van der Waals surface area contributed by atoms with Crippen LogP contribution in [0.3, 0.4) is 0 Å². The fraction of sp³-hybridized carbons (Fsp3) is 0.176. The zero-order chi connectivity index (χ0) is 18.4. The van der Waals surface area contributed by atoms with E-state index in [2.05, 4.69) is 4.74 Å². The van der Waals surface area contributed by atoms with E-state index in [-0.39, 0.29) is 12.3 Å². The number of halogens is 3. The van der Waals surface area contributed by atoms with Crippen LogP contribution in [0.2, 0.25) is 0 Å². The van der Waals surface area contributed by atoms with Gasteiger partial charge in [-0.2, -0.15) is 13.2 Å². The van der Waals surface area contributed by atoms with E-state index in [0.717, 1.165) is 17.0 Å². The van der Waals surface area contributed by atoms with Crippen LogP contribution < -0.4 is 9.64 Å². The van der Waals surface area contributed by atoms with Crippen molar-refractivity contribution in [3.63, 3.8) is 0 Å². The summed E-state index contributed by atoms with van der Waals surface area (Å²) in [6.45, 7) is -0.237. The van der Waals surface area contributed by atoms with E-state index < -0.39 is 17.7 Å². The molecule has 2 rings (SSSR count). The molecule has 0 aliphatic carbocycles. The third-order valence-corrected chi connectivity index (χ3v) is 3.24. The Bertz CT molecular complexity index is 727. The van der Waals surface area contributed by atoms with Gasteiger partial charge in [0.15, 0.2) is 0 Å². The molecule has 0 saturated heterocycles. The van der Waals surface area contributed by atoms with Gasteiger partial charge in [-0.05, 0) is 48.5 Å². The lowest BCUT2D eigenvalue weighted by Crippen LogP contribution is -2.28. The highest BCUT2D eigenvalue weighted by atomic mass is 19.4. The summed E-state index contributed by atoms with van der Waals surface area (Å²) in [5.74, 6) is 0.0344. The molecule has 0 bridgehead atoms. The lowest BCUT2D eigenvalue weighted by Gasteiger charge is -2.16. The number of amides is 1. The molecule has 0 atom stereocenters. The largest absolute Gasteiger partial charge is 0.468 e. The molecular formula is C17H14F3NO4. The van der Waals surface area contributed by atoms with E-state index >= 15 is 0 Å². The summed E-state index contributed by atoms with van der Waals surface area (Å²) in [7, 11) is 1.21. The Kier molecular flexibility index (Phi) is 5.63. The molecule has 0 radical (unpaired) electrons. The highest BCUT2D eigenvalue weighted by molar-refractivity contribution is 5.85. The maximum Gasteiger partial charge on any atom is 0.416 e. The number of methoxy groups -OCH3 is 1. The third kappa shape index (κ3) is 4.97. The number of anilines is 1. The first-order valence-electron chi connectivity index (χ1n) is 7.07. The molecule has 0 spiro atoms. The van der Waals surface area contributed by atoms with Crippen molar-refractivity contribution in [1.82, 2.24) is 0 Å². The molecular weight excluding hydrogens is 339 g/mol. The first-order valence-corrected chi connectivity index (χ1v) is 7.07. The van der Waals surface area contributed by atoms with Gasteiger partial charge >= 0.3 is 12.1 Å². The Morgan fingerprint density at radius 1 is 1.04 bits per heavy atom. The van der Waals surface area contributed by atoms with Gasteiger partial charge in [0.1, 0.15) is 18.0 Å². The smallest absolute Gasteiger partial charge is 0.416 e. The minimum Gasteiger partial charge on any atom is -0.468 e. The van der Waals surface area contributed by atoms with Gasteiger partial charge in [0, 0.05) is 5.69 Å². The highest BCUT2D eigenvalue weighted by Gasteiger charge is 2.30. The van der Waals surface area contributed by atoms with Crippen LogP contribution in [0.1, 0.15) is 5.56 Å². The number of esters is 1. The predicted molar refractivity (Wildman–Crippen MR) is 83.4 cm³/mol. The van der Waals surface area contributed by atoms with Crippen molar-refractivity contribution in [3.8, 4) is 11.5 Å². The summed E-state index contributed by atoms with van der Waals surface area (Å²) >= 11 is 0. The van der Waals surface area contributed by atoms with Crippen LogP contribution in [0.15, 0.2) is 48.5 Å². The zero-order valence-electron chi connectivity index (χ0n) is 13.1. The van der Waals surface area contributed by atoms with Crippen LogP contribution in [-0.4, -0.2) is 26.0 Å². The molecule has 0 N–H and O–H groups in total. The van der Waals surface area contributed by atoms with Gasteiger partial charge in [-0.15, -0.1) is 0 Å². The lowest BCUT2D eigenvalue weighted by molar-refractivity contribution is -0.139. The third-order valence-electron chi connectivity index (χ3n) is 3.24. The first-order chi connectivity index (χ1) is 11.8. The summed E-state index contributed by atoms with van der Waals surface area (Å²) in [4.78, 5) is 23.4. The number of rotatable bonds is 6. The van der Waals surface area contributed by atoms with Crippen LogP contribution in [0, 0.1) is 0 Å². The lowest BCUT2D eigenvalue weighted by atomic mass is 10.2. The molecule has 0 unspecified atom stereocenters. The fourth-order valence-corrected chi connectivity index (χ4v) is 1.95. The molecule has 1 amide bonds. The number of benzene rings is 2. The van der Waals surface area contributed by atoms with Crippen molar-refractivity contribution in [2.24, 2.45) is 0 Å². The second kappa shape index (κ2) is 7.69. The van der Waals surface area contributed by atoms with E-state index in [4.69, 9.17) is 4.74 Å². The summed E-state index contributed by atoms with van der Waals surface area (Å²) in [6, 6.07) is 10.4. The summed E-state index contributed by atoms with van der Waals surface area (Å²) in [5, 5.41) is 0. The monoisotopic (exact) mass is 353 g/mol. The molecule has 25 heavy (non-hydrogen) atoms. The second-order valence-electron chi connectivity index (χ2n) is 4.93. The summed E-state index contributed by atoms with van der Waals surface area (Å²) < 4.78 is 47.5. The Morgan fingerprint density at radius 2 is 1.56 bits per heavy atom. The van der Waals surface area contributed by atoms with Gasteiger partial charge in [-0.3, -0.25) is 9.59 Å². The van der Waals surface area contributed by atoms with Gasteiger partial charge in [-0.1, -0.05) is 0 Å². The van der Waals surface area contributed by atoms with Crippen molar-refractivity contribution < 1.29 is 32.2 Å². The molecule has 0 aromatic heterocycles. The number of hydrogen-bond acceptors (Lipinski definition) is 4.